The molecule has 1 aliphatic heterocycles. The lowest BCUT2D eigenvalue weighted by Crippen LogP contribution is -2.35. The van der Waals surface area contributed by atoms with Crippen molar-refractivity contribution < 1.29 is 0 Å². The van der Waals surface area contributed by atoms with E-state index in [2.05, 4.69) is 16.9 Å². The first-order valence-corrected chi connectivity index (χ1v) is 8.48. The van der Waals surface area contributed by atoms with Crippen molar-refractivity contribution in [2.75, 3.05) is 11.4 Å². The van der Waals surface area contributed by atoms with Gasteiger partial charge < -0.3 is 9.47 Å². The van der Waals surface area contributed by atoms with Gasteiger partial charge >= 0.3 is 5.69 Å². The number of aromatic amines is 1. The number of aryl methyl sites for hydroxylation is 2. The molecule has 130 valence electrons. The fourth-order valence-electron chi connectivity index (χ4n) is 3.34. The average molecular weight is 360 g/mol. The standard InChI is InChI=1S/C17H18ClN5O2/c1-9-7-22(11-5-4-10(2)12(18)6-11)16-19-14-13(23(16)8-9)15(24)20-17(25)21(14)3/h4-6,9H,7-8H2,1-3H3,(H,20,24,25). The molecule has 25 heavy (non-hydrogen) atoms. The summed E-state index contributed by atoms with van der Waals surface area (Å²) in [5, 5.41) is 0.684. The lowest BCUT2D eigenvalue weighted by Gasteiger charge is -2.33. The van der Waals surface area contributed by atoms with E-state index in [0.717, 1.165) is 17.8 Å². The second-order valence-corrected chi connectivity index (χ2v) is 7.07. The monoisotopic (exact) mass is 359 g/mol. The molecule has 7 nitrogen and oxygen atoms in total. The van der Waals surface area contributed by atoms with Crippen LogP contribution in [0.1, 0.15) is 12.5 Å². The molecule has 3 heterocycles. The molecule has 3 aromatic rings. The average Bonchev–Trinajstić information content (AvgIpc) is 2.94. The summed E-state index contributed by atoms with van der Waals surface area (Å²) >= 11 is 6.29. The second kappa shape index (κ2) is 5.49. The van der Waals surface area contributed by atoms with Crippen LogP contribution in [-0.4, -0.2) is 25.6 Å². The molecule has 4 rings (SSSR count). The van der Waals surface area contributed by atoms with E-state index < -0.39 is 11.2 Å². The summed E-state index contributed by atoms with van der Waals surface area (Å²) in [5.74, 6) is 0.960. The van der Waals surface area contributed by atoms with Crippen LogP contribution >= 0.6 is 11.6 Å². The lowest BCUT2D eigenvalue weighted by molar-refractivity contribution is 0.458. The van der Waals surface area contributed by atoms with Crippen LogP contribution in [0.25, 0.3) is 11.2 Å². The van der Waals surface area contributed by atoms with E-state index in [4.69, 9.17) is 11.6 Å². The number of benzene rings is 1. The molecule has 0 saturated carbocycles. The Labute approximate surface area is 148 Å². The van der Waals surface area contributed by atoms with Gasteiger partial charge in [0.1, 0.15) is 0 Å². The summed E-state index contributed by atoms with van der Waals surface area (Å²) in [4.78, 5) is 33.3. The van der Waals surface area contributed by atoms with Gasteiger partial charge in [0.25, 0.3) is 5.56 Å². The highest BCUT2D eigenvalue weighted by Crippen LogP contribution is 2.34. The van der Waals surface area contributed by atoms with Crippen molar-refractivity contribution in [3.8, 4) is 0 Å². The molecule has 1 aromatic carbocycles. The Morgan fingerprint density at radius 2 is 2.04 bits per heavy atom. The highest BCUT2D eigenvalue weighted by molar-refractivity contribution is 6.31. The molecule has 8 heteroatoms. The molecule has 2 aromatic heterocycles. The minimum Gasteiger partial charge on any atom is -0.312 e. The predicted octanol–water partition coefficient (Wildman–Crippen LogP) is 2.17. The minimum absolute atomic E-state index is 0.307. The van der Waals surface area contributed by atoms with E-state index in [0.29, 0.717) is 34.6 Å². The molecule has 1 unspecified atom stereocenters. The summed E-state index contributed by atoms with van der Waals surface area (Å²) in [6, 6.07) is 5.86. The van der Waals surface area contributed by atoms with Crippen molar-refractivity contribution in [3.05, 3.63) is 49.6 Å². The minimum atomic E-state index is -0.467. The lowest BCUT2D eigenvalue weighted by atomic mass is 10.1. The predicted molar refractivity (Wildman–Crippen MR) is 98.0 cm³/mol. The largest absolute Gasteiger partial charge is 0.329 e. The van der Waals surface area contributed by atoms with Gasteiger partial charge in [-0.2, -0.15) is 4.98 Å². The number of nitrogens with zero attached hydrogens (tertiary/aromatic N) is 4. The summed E-state index contributed by atoms with van der Waals surface area (Å²) in [6.07, 6.45) is 0. The molecule has 0 radical (unpaired) electrons. The zero-order chi connectivity index (χ0) is 17.9. The van der Waals surface area contributed by atoms with Crippen molar-refractivity contribution in [1.82, 2.24) is 19.1 Å². The van der Waals surface area contributed by atoms with E-state index in [1.165, 1.54) is 4.57 Å². The van der Waals surface area contributed by atoms with Gasteiger partial charge in [0.15, 0.2) is 11.2 Å². The van der Waals surface area contributed by atoms with Crippen LogP contribution < -0.4 is 16.1 Å². The van der Waals surface area contributed by atoms with Crippen molar-refractivity contribution in [2.24, 2.45) is 13.0 Å². The first-order chi connectivity index (χ1) is 11.9. The number of nitrogens with one attached hydrogen (secondary N) is 1. The molecule has 0 amide bonds. The van der Waals surface area contributed by atoms with Gasteiger partial charge in [-0.15, -0.1) is 0 Å². The summed E-state index contributed by atoms with van der Waals surface area (Å²) in [5.41, 5.74) is 1.86. The quantitative estimate of drug-likeness (QED) is 0.722. The Morgan fingerprint density at radius 1 is 1.28 bits per heavy atom. The summed E-state index contributed by atoms with van der Waals surface area (Å²) in [6.45, 7) is 5.50. The third kappa shape index (κ3) is 2.38. The molecule has 0 saturated heterocycles. The van der Waals surface area contributed by atoms with Crippen LogP contribution in [0, 0.1) is 12.8 Å². The van der Waals surface area contributed by atoms with Crippen molar-refractivity contribution >= 4 is 34.4 Å². The fourth-order valence-corrected chi connectivity index (χ4v) is 3.51. The van der Waals surface area contributed by atoms with Gasteiger partial charge in [0.05, 0.1) is 0 Å². The Kier molecular flexibility index (Phi) is 3.50. The number of anilines is 2. The van der Waals surface area contributed by atoms with Crippen LogP contribution in [0.2, 0.25) is 5.02 Å². The van der Waals surface area contributed by atoms with Crippen LogP contribution in [0.4, 0.5) is 11.6 Å². The first kappa shape index (κ1) is 16.0. The Hall–Kier alpha value is -2.54. The maximum atomic E-state index is 12.4. The van der Waals surface area contributed by atoms with Gasteiger partial charge in [0.2, 0.25) is 5.95 Å². The molecule has 0 spiro atoms. The van der Waals surface area contributed by atoms with Crippen LogP contribution in [0.15, 0.2) is 27.8 Å². The molecule has 1 atom stereocenters. The number of hydrogen-bond acceptors (Lipinski definition) is 4. The van der Waals surface area contributed by atoms with Crippen molar-refractivity contribution in [1.29, 1.82) is 0 Å². The first-order valence-electron chi connectivity index (χ1n) is 8.10. The highest BCUT2D eigenvalue weighted by Gasteiger charge is 2.29. The number of hydrogen-bond donors (Lipinski definition) is 1. The maximum Gasteiger partial charge on any atom is 0.329 e. The number of imidazole rings is 1. The number of fused-ring (bicyclic) bond motifs is 3. The molecular formula is C17H18ClN5O2. The topological polar surface area (TPSA) is 75.9 Å². The summed E-state index contributed by atoms with van der Waals surface area (Å²) < 4.78 is 3.25. The van der Waals surface area contributed by atoms with Gasteiger partial charge in [-0.3, -0.25) is 14.3 Å². The Balaban J connectivity index is 2.00. The molecule has 0 fully saturated rings. The molecule has 0 bridgehead atoms. The highest BCUT2D eigenvalue weighted by atomic mass is 35.5. The van der Waals surface area contributed by atoms with E-state index in [9.17, 15) is 9.59 Å². The normalized spacial score (nSPS) is 17.1. The zero-order valence-corrected chi connectivity index (χ0v) is 15.0. The van der Waals surface area contributed by atoms with Crippen LogP contribution in [0.3, 0.4) is 0 Å². The fraction of sp³-hybridized carbons (Fsp3) is 0.353. The molecule has 1 aliphatic rings. The van der Waals surface area contributed by atoms with E-state index in [1.807, 2.05) is 34.6 Å². The molecule has 1 N–H and O–H groups in total. The number of halogens is 1. The van der Waals surface area contributed by atoms with E-state index in [1.54, 1.807) is 7.05 Å². The van der Waals surface area contributed by atoms with E-state index in [-0.39, 0.29) is 0 Å². The Morgan fingerprint density at radius 3 is 2.76 bits per heavy atom. The maximum absolute atomic E-state index is 12.4. The van der Waals surface area contributed by atoms with Gasteiger partial charge in [-0.1, -0.05) is 24.6 Å². The number of rotatable bonds is 1. The smallest absolute Gasteiger partial charge is 0.312 e. The zero-order valence-electron chi connectivity index (χ0n) is 14.2. The molecular weight excluding hydrogens is 342 g/mol. The van der Waals surface area contributed by atoms with Gasteiger partial charge in [-0.05, 0) is 30.5 Å². The van der Waals surface area contributed by atoms with E-state index >= 15 is 0 Å². The third-order valence-electron chi connectivity index (χ3n) is 4.68. The number of H-pyrrole nitrogens is 1. The van der Waals surface area contributed by atoms with Crippen molar-refractivity contribution in [2.45, 2.75) is 20.4 Å². The number of aromatic nitrogens is 4. The Bertz CT molecular complexity index is 1110. The van der Waals surface area contributed by atoms with Crippen LogP contribution in [-0.2, 0) is 13.6 Å². The third-order valence-corrected chi connectivity index (χ3v) is 5.09. The van der Waals surface area contributed by atoms with Gasteiger partial charge in [0, 0.05) is 30.8 Å². The SMILES string of the molecule is Cc1ccc(N2CC(C)Cn3c2nc2c3c(=O)[nH]c(=O)n2C)cc1Cl. The van der Waals surface area contributed by atoms with Crippen molar-refractivity contribution in [3.63, 3.8) is 0 Å². The molecule has 0 aliphatic carbocycles. The van der Waals surface area contributed by atoms with Crippen LogP contribution in [0.5, 0.6) is 0 Å². The summed E-state index contributed by atoms with van der Waals surface area (Å²) in [7, 11) is 1.61. The second-order valence-electron chi connectivity index (χ2n) is 6.66. The van der Waals surface area contributed by atoms with Gasteiger partial charge in [-0.25, -0.2) is 4.79 Å².